The van der Waals surface area contributed by atoms with Crippen molar-refractivity contribution in [1.82, 2.24) is 14.9 Å². The molecule has 3 fully saturated rings. The molecule has 3 aliphatic carbocycles. The third-order valence-corrected chi connectivity index (χ3v) is 7.09. The Morgan fingerprint density at radius 2 is 1.84 bits per heavy atom. The first-order valence-electron chi connectivity index (χ1n) is 9.62. The molecule has 5 rings (SSSR count). The summed E-state index contributed by atoms with van der Waals surface area (Å²) < 4.78 is 0. The summed E-state index contributed by atoms with van der Waals surface area (Å²) in [6.07, 6.45) is 5.35. The van der Waals surface area contributed by atoms with Crippen LogP contribution >= 0.6 is 0 Å². The van der Waals surface area contributed by atoms with Crippen molar-refractivity contribution >= 4 is 11.9 Å². The standard InChI is InChI=1S/C19H26N4O2/c1-22(2)19-20-13-6-8-23(7-5-12(13)17(24)21-19)18(25)16-14-10-3-4-11(9-10)15(14)16/h10-11,14-16H,3-9H2,1-2H3,(H,20,21,24)/t10-,11+,14+,15-,16?. The molecule has 25 heavy (non-hydrogen) atoms. The van der Waals surface area contributed by atoms with E-state index in [0.29, 0.717) is 49.6 Å². The number of H-pyrrole nitrogens is 1. The van der Waals surface area contributed by atoms with Gasteiger partial charge >= 0.3 is 0 Å². The lowest BCUT2D eigenvalue weighted by Crippen LogP contribution is -2.36. The largest absolute Gasteiger partial charge is 0.348 e. The van der Waals surface area contributed by atoms with Crippen LogP contribution in [0.25, 0.3) is 0 Å². The van der Waals surface area contributed by atoms with Crippen LogP contribution in [0.15, 0.2) is 4.79 Å². The lowest BCUT2D eigenvalue weighted by atomic mass is 10.0. The maximum absolute atomic E-state index is 13.1. The van der Waals surface area contributed by atoms with Gasteiger partial charge in [-0.05, 0) is 49.4 Å². The van der Waals surface area contributed by atoms with Crippen LogP contribution in [0.3, 0.4) is 0 Å². The molecule has 1 aliphatic heterocycles. The van der Waals surface area contributed by atoms with Crippen molar-refractivity contribution in [2.75, 3.05) is 32.1 Å². The average molecular weight is 342 g/mol. The van der Waals surface area contributed by atoms with Gasteiger partial charge in [0.15, 0.2) is 0 Å². The number of hydrogen-bond acceptors (Lipinski definition) is 4. The molecule has 0 radical (unpaired) electrons. The molecule has 6 heteroatoms. The Kier molecular flexibility index (Phi) is 3.28. The number of nitrogens with zero attached hydrogens (tertiary/aromatic N) is 3. The van der Waals surface area contributed by atoms with Crippen LogP contribution in [-0.4, -0.2) is 48.0 Å². The Morgan fingerprint density at radius 3 is 2.52 bits per heavy atom. The smallest absolute Gasteiger partial charge is 0.255 e. The fourth-order valence-electron chi connectivity index (χ4n) is 5.89. The molecule has 134 valence electrons. The van der Waals surface area contributed by atoms with E-state index in [4.69, 9.17) is 0 Å². The van der Waals surface area contributed by atoms with E-state index in [1.807, 2.05) is 23.9 Å². The van der Waals surface area contributed by atoms with Crippen LogP contribution in [0, 0.1) is 29.6 Å². The summed E-state index contributed by atoms with van der Waals surface area (Å²) in [5, 5.41) is 0. The highest BCUT2D eigenvalue weighted by molar-refractivity contribution is 5.83. The van der Waals surface area contributed by atoms with Gasteiger partial charge in [-0.3, -0.25) is 14.6 Å². The lowest BCUT2D eigenvalue weighted by Gasteiger charge is -2.22. The number of carbonyl (C=O) groups excluding carboxylic acids is 1. The summed E-state index contributed by atoms with van der Waals surface area (Å²) in [6, 6.07) is 0. The van der Waals surface area contributed by atoms with Crippen molar-refractivity contribution < 1.29 is 4.79 Å². The molecule has 4 aliphatic rings. The summed E-state index contributed by atoms with van der Waals surface area (Å²) in [4.78, 5) is 36.8. The van der Waals surface area contributed by atoms with Gasteiger partial charge in [-0.1, -0.05) is 0 Å². The van der Waals surface area contributed by atoms with Crippen LogP contribution in [0.2, 0.25) is 0 Å². The first kappa shape index (κ1) is 15.4. The monoisotopic (exact) mass is 342 g/mol. The first-order chi connectivity index (χ1) is 12.0. The topological polar surface area (TPSA) is 69.3 Å². The Morgan fingerprint density at radius 1 is 1.16 bits per heavy atom. The summed E-state index contributed by atoms with van der Waals surface area (Å²) >= 11 is 0. The van der Waals surface area contributed by atoms with E-state index in [2.05, 4.69) is 9.97 Å². The van der Waals surface area contributed by atoms with Crippen LogP contribution in [0.4, 0.5) is 5.95 Å². The van der Waals surface area contributed by atoms with Gasteiger partial charge < -0.3 is 9.80 Å². The van der Waals surface area contributed by atoms with Crippen LogP contribution in [0.1, 0.15) is 30.5 Å². The summed E-state index contributed by atoms with van der Waals surface area (Å²) in [7, 11) is 3.74. The van der Waals surface area contributed by atoms with Gasteiger partial charge in [0.2, 0.25) is 11.9 Å². The highest BCUT2D eigenvalue weighted by Crippen LogP contribution is 2.69. The SMILES string of the molecule is CN(C)c1nc2c(c(=O)[nH]1)CCN(C(=O)C1[C@@H]3[C@H]4CC[C@H](C4)[C@H]13)CC2. The lowest BCUT2D eigenvalue weighted by molar-refractivity contribution is -0.133. The quantitative estimate of drug-likeness (QED) is 0.872. The van der Waals surface area contributed by atoms with Gasteiger partial charge in [0, 0.05) is 45.1 Å². The van der Waals surface area contributed by atoms with E-state index in [1.54, 1.807) is 0 Å². The van der Waals surface area contributed by atoms with Crippen molar-refractivity contribution in [3.8, 4) is 0 Å². The zero-order valence-corrected chi connectivity index (χ0v) is 15.0. The zero-order chi connectivity index (χ0) is 17.3. The second-order valence-electron chi connectivity index (χ2n) is 8.55. The van der Waals surface area contributed by atoms with E-state index in [9.17, 15) is 9.59 Å². The number of anilines is 1. The predicted octanol–water partition coefficient (Wildman–Crippen LogP) is 1.06. The predicted molar refractivity (Wildman–Crippen MR) is 94.5 cm³/mol. The zero-order valence-electron chi connectivity index (χ0n) is 15.0. The first-order valence-corrected chi connectivity index (χ1v) is 9.62. The minimum absolute atomic E-state index is 0.0515. The number of fused-ring (bicyclic) bond motifs is 6. The van der Waals surface area contributed by atoms with Gasteiger partial charge in [-0.25, -0.2) is 4.98 Å². The van der Waals surface area contributed by atoms with Gasteiger partial charge in [0.1, 0.15) is 0 Å². The van der Waals surface area contributed by atoms with Crippen molar-refractivity contribution in [3.05, 3.63) is 21.6 Å². The molecule has 1 unspecified atom stereocenters. The van der Waals surface area contributed by atoms with Gasteiger partial charge in [0.05, 0.1) is 5.69 Å². The number of aromatic amines is 1. The molecular formula is C19H26N4O2. The fraction of sp³-hybridized carbons (Fsp3) is 0.737. The molecule has 1 aromatic heterocycles. The number of nitrogens with one attached hydrogen (secondary N) is 1. The second-order valence-corrected chi connectivity index (χ2v) is 8.55. The third-order valence-electron chi connectivity index (χ3n) is 7.09. The van der Waals surface area contributed by atoms with E-state index in [1.165, 1.54) is 19.3 Å². The molecule has 2 bridgehead atoms. The number of aromatic nitrogens is 2. The third kappa shape index (κ3) is 2.26. The number of amides is 1. The summed E-state index contributed by atoms with van der Waals surface area (Å²) in [5.41, 5.74) is 1.57. The van der Waals surface area contributed by atoms with Gasteiger partial charge in [-0.2, -0.15) is 0 Å². The molecule has 0 spiro atoms. The molecule has 1 N–H and O–H groups in total. The molecule has 3 saturated carbocycles. The molecule has 2 heterocycles. The molecule has 1 aromatic rings. The van der Waals surface area contributed by atoms with Crippen molar-refractivity contribution in [1.29, 1.82) is 0 Å². The number of carbonyl (C=O) groups is 1. The molecule has 0 aromatic carbocycles. The number of hydrogen-bond donors (Lipinski definition) is 1. The Hall–Kier alpha value is -1.85. The normalized spacial score (nSPS) is 35.1. The minimum Gasteiger partial charge on any atom is -0.348 e. The van der Waals surface area contributed by atoms with Crippen molar-refractivity contribution in [2.45, 2.75) is 32.1 Å². The van der Waals surface area contributed by atoms with E-state index >= 15 is 0 Å². The average Bonchev–Trinajstić information content (AvgIpc) is 3.13. The van der Waals surface area contributed by atoms with E-state index in [-0.39, 0.29) is 11.5 Å². The van der Waals surface area contributed by atoms with Gasteiger partial charge in [-0.15, -0.1) is 0 Å². The molecular weight excluding hydrogens is 316 g/mol. The maximum Gasteiger partial charge on any atom is 0.255 e. The van der Waals surface area contributed by atoms with E-state index < -0.39 is 0 Å². The summed E-state index contributed by atoms with van der Waals surface area (Å²) in [6.45, 7) is 1.35. The Balaban J connectivity index is 1.33. The maximum atomic E-state index is 13.1. The summed E-state index contributed by atoms with van der Waals surface area (Å²) in [5.74, 6) is 4.23. The molecule has 6 nitrogen and oxygen atoms in total. The number of rotatable bonds is 2. The van der Waals surface area contributed by atoms with Crippen LogP contribution in [0.5, 0.6) is 0 Å². The Bertz CT molecular complexity index is 770. The van der Waals surface area contributed by atoms with Crippen LogP contribution in [-0.2, 0) is 17.6 Å². The van der Waals surface area contributed by atoms with Crippen molar-refractivity contribution in [3.63, 3.8) is 0 Å². The second kappa shape index (κ2) is 5.32. The molecule has 1 amide bonds. The molecule has 5 atom stereocenters. The Labute approximate surface area is 147 Å². The molecule has 0 saturated heterocycles. The highest BCUT2D eigenvalue weighted by atomic mass is 16.2. The van der Waals surface area contributed by atoms with Crippen molar-refractivity contribution in [2.24, 2.45) is 29.6 Å². The minimum atomic E-state index is -0.0515. The van der Waals surface area contributed by atoms with E-state index in [0.717, 1.165) is 23.1 Å². The van der Waals surface area contributed by atoms with Gasteiger partial charge in [0.25, 0.3) is 5.56 Å². The highest BCUT2D eigenvalue weighted by Gasteiger charge is 2.67. The van der Waals surface area contributed by atoms with Crippen LogP contribution < -0.4 is 10.5 Å². The fourth-order valence-corrected chi connectivity index (χ4v) is 5.89.